The molecule has 84 valence electrons. The van der Waals surface area contributed by atoms with Gasteiger partial charge in [0.1, 0.15) is 5.76 Å². The molecule has 0 radical (unpaired) electrons. The van der Waals surface area contributed by atoms with Gasteiger partial charge in [-0.15, -0.1) is 0 Å². The molecule has 0 amide bonds. The van der Waals surface area contributed by atoms with Crippen molar-refractivity contribution in [3.05, 3.63) is 34.6 Å². The number of furan rings is 1. The van der Waals surface area contributed by atoms with E-state index in [1.165, 1.54) is 17.1 Å². The monoisotopic (exact) mass is 236 g/mol. The molecule has 3 rings (SSSR count). The van der Waals surface area contributed by atoms with Crippen molar-refractivity contribution < 1.29 is 9.15 Å². The normalized spacial score (nSPS) is 19.4. The zero-order chi connectivity index (χ0) is 11.0. The Kier molecular flexibility index (Phi) is 2.41. The van der Waals surface area contributed by atoms with Crippen molar-refractivity contribution in [2.75, 3.05) is 13.7 Å². The minimum absolute atomic E-state index is 0.149. The molecular formula is C11H12N2O2S. The molecule has 2 aromatic rings. The van der Waals surface area contributed by atoms with Crippen LogP contribution >= 0.6 is 11.5 Å². The van der Waals surface area contributed by atoms with Crippen LogP contribution in [0.5, 0.6) is 5.88 Å². The summed E-state index contributed by atoms with van der Waals surface area (Å²) in [6, 6.07) is 2.17. The molecular weight excluding hydrogens is 224 g/mol. The average molecular weight is 236 g/mol. The van der Waals surface area contributed by atoms with Gasteiger partial charge in [-0.3, -0.25) is 0 Å². The van der Waals surface area contributed by atoms with Crippen LogP contribution in [0.15, 0.2) is 22.1 Å². The van der Waals surface area contributed by atoms with Gasteiger partial charge in [0, 0.05) is 29.5 Å². The lowest BCUT2D eigenvalue weighted by Crippen LogP contribution is -2.29. The Balaban J connectivity index is 2.04. The summed E-state index contributed by atoms with van der Waals surface area (Å²) in [6.45, 7) is 0.921. The maximum absolute atomic E-state index is 5.46. The van der Waals surface area contributed by atoms with Crippen LogP contribution < -0.4 is 10.1 Å². The van der Waals surface area contributed by atoms with Crippen LogP contribution in [-0.2, 0) is 6.42 Å². The number of fused-ring (bicyclic) bond motifs is 1. The minimum atomic E-state index is 0.149. The second-order valence-electron chi connectivity index (χ2n) is 3.72. The number of aromatic nitrogens is 1. The van der Waals surface area contributed by atoms with E-state index < -0.39 is 0 Å². The molecule has 1 atom stereocenters. The van der Waals surface area contributed by atoms with E-state index in [0.717, 1.165) is 24.3 Å². The lowest BCUT2D eigenvalue weighted by molar-refractivity contribution is 0.388. The van der Waals surface area contributed by atoms with Gasteiger partial charge in [0.25, 0.3) is 0 Å². The first-order valence-electron chi connectivity index (χ1n) is 5.18. The van der Waals surface area contributed by atoms with Gasteiger partial charge in [0.15, 0.2) is 0 Å². The summed E-state index contributed by atoms with van der Waals surface area (Å²) in [4.78, 5) is 0. The van der Waals surface area contributed by atoms with Crippen LogP contribution in [0.2, 0.25) is 0 Å². The lowest BCUT2D eigenvalue weighted by Gasteiger charge is -2.22. The molecule has 4 nitrogen and oxygen atoms in total. The highest BCUT2D eigenvalue weighted by atomic mass is 32.1. The maximum Gasteiger partial charge on any atom is 0.230 e. The molecule has 0 aliphatic carbocycles. The Labute approximate surface area is 97.4 Å². The van der Waals surface area contributed by atoms with E-state index in [1.807, 2.05) is 11.4 Å². The molecule has 3 heterocycles. The van der Waals surface area contributed by atoms with Gasteiger partial charge in [-0.2, -0.15) is 4.37 Å². The van der Waals surface area contributed by atoms with E-state index in [9.17, 15) is 0 Å². The number of ether oxygens (including phenoxy) is 1. The summed E-state index contributed by atoms with van der Waals surface area (Å²) in [5.41, 5.74) is 2.29. The van der Waals surface area contributed by atoms with Crippen molar-refractivity contribution in [2.45, 2.75) is 12.5 Å². The number of hydrogen-bond acceptors (Lipinski definition) is 5. The molecule has 0 bridgehead atoms. The summed E-state index contributed by atoms with van der Waals surface area (Å²) >= 11 is 1.42. The Hall–Kier alpha value is -1.33. The summed E-state index contributed by atoms with van der Waals surface area (Å²) < 4.78 is 14.9. The first kappa shape index (κ1) is 9.86. The van der Waals surface area contributed by atoms with Crippen molar-refractivity contribution in [3.63, 3.8) is 0 Å². The van der Waals surface area contributed by atoms with Crippen LogP contribution in [0, 0.1) is 0 Å². The predicted octanol–water partition coefficient (Wildman–Crippen LogP) is 1.98. The number of nitrogens with one attached hydrogen (secondary N) is 1. The van der Waals surface area contributed by atoms with E-state index in [1.54, 1.807) is 13.4 Å². The van der Waals surface area contributed by atoms with Crippen LogP contribution in [-0.4, -0.2) is 18.0 Å². The van der Waals surface area contributed by atoms with E-state index in [0.29, 0.717) is 5.88 Å². The Bertz CT molecular complexity index is 492. The largest absolute Gasteiger partial charge is 0.480 e. The zero-order valence-corrected chi connectivity index (χ0v) is 9.71. The molecule has 0 fully saturated rings. The van der Waals surface area contributed by atoms with Gasteiger partial charge < -0.3 is 14.5 Å². The topological polar surface area (TPSA) is 47.3 Å². The van der Waals surface area contributed by atoms with Crippen LogP contribution in [0.4, 0.5) is 0 Å². The number of hydrogen-bond donors (Lipinski definition) is 1. The quantitative estimate of drug-likeness (QED) is 0.866. The van der Waals surface area contributed by atoms with Crippen molar-refractivity contribution in [2.24, 2.45) is 0 Å². The number of methoxy groups -OCH3 is 1. The second-order valence-corrected chi connectivity index (χ2v) is 4.34. The summed E-state index contributed by atoms with van der Waals surface area (Å²) in [6.07, 6.45) is 2.69. The summed E-state index contributed by atoms with van der Waals surface area (Å²) in [5, 5.41) is 5.49. The van der Waals surface area contributed by atoms with Crippen LogP contribution in [0.3, 0.4) is 0 Å². The zero-order valence-electron chi connectivity index (χ0n) is 8.90. The molecule has 0 saturated carbocycles. The average Bonchev–Trinajstić information content (AvgIpc) is 2.96. The standard InChI is InChI=1S/C11H12N2O2S/c1-14-11-8(6-16-13-11)10-7-3-5-15-9(7)2-4-12-10/h3,5-6,10,12H,2,4H2,1H3. The minimum Gasteiger partial charge on any atom is -0.480 e. The van der Waals surface area contributed by atoms with E-state index in [4.69, 9.17) is 9.15 Å². The van der Waals surface area contributed by atoms with Crippen molar-refractivity contribution in [3.8, 4) is 5.88 Å². The third-order valence-corrected chi connectivity index (χ3v) is 3.49. The first-order chi connectivity index (χ1) is 7.90. The molecule has 0 aromatic carbocycles. The molecule has 1 aliphatic heterocycles. The highest BCUT2D eigenvalue weighted by Crippen LogP contribution is 2.34. The molecule has 2 aromatic heterocycles. The van der Waals surface area contributed by atoms with Gasteiger partial charge >= 0.3 is 0 Å². The molecule has 1 unspecified atom stereocenters. The number of nitrogens with zero attached hydrogens (tertiary/aromatic N) is 1. The number of rotatable bonds is 2. The van der Waals surface area contributed by atoms with Crippen molar-refractivity contribution >= 4 is 11.5 Å². The fourth-order valence-corrected chi connectivity index (χ4v) is 2.79. The molecule has 16 heavy (non-hydrogen) atoms. The summed E-state index contributed by atoms with van der Waals surface area (Å²) in [5.74, 6) is 1.77. The highest BCUT2D eigenvalue weighted by Gasteiger charge is 2.27. The SMILES string of the molecule is COc1nscc1C1NCCc2occc21. The fraction of sp³-hybridized carbons (Fsp3) is 0.364. The molecule has 0 spiro atoms. The van der Waals surface area contributed by atoms with Gasteiger partial charge in [-0.25, -0.2) is 0 Å². The molecule has 5 heteroatoms. The van der Waals surface area contributed by atoms with Gasteiger partial charge in [-0.05, 0) is 17.6 Å². The molecule has 1 aliphatic rings. The third-order valence-electron chi connectivity index (χ3n) is 2.86. The first-order valence-corrected chi connectivity index (χ1v) is 6.01. The highest BCUT2D eigenvalue weighted by molar-refractivity contribution is 7.03. The Morgan fingerprint density at radius 1 is 1.56 bits per heavy atom. The van der Waals surface area contributed by atoms with Crippen molar-refractivity contribution in [1.29, 1.82) is 0 Å². The Morgan fingerprint density at radius 3 is 3.38 bits per heavy atom. The third kappa shape index (κ3) is 1.44. The lowest BCUT2D eigenvalue weighted by atomic mass is 9.97. The maximum atomic E-state index is 5.46. The molecule has 1 N–H and O–H groups in total. The van der Waals surface area contributed by atoms with Crippen molar-refractivity contribution in [1.82, 2.24) is 9.69 Å². The smallest absolute Gasteiger partial charge is 0.230 e. The van der Waals surface area contributed by atoms with Gasteiger partial charge in [-0.1, -0.05) is 0 Å². The Morgan fingerprint density at radius 2 is 2.50 bits per heavy atom. The van der Waals surface area contributed by atoms with Crippen LogP contribution in [0.25, 0.3) is 0 Å². The predicted molar refractivity (Wildman–Crippen MR) is 60.9 cm³/mol. The van der Waals surface area contributed by atoms with E-state index in [2.05, 4.69) is 9.69 Å². The summed E-state index contributed by atoms with van der Waals surface area (Å²) in [7, 11) is 1.65. The van der Waals surface area contributed by atoms with Gasteiger partial charge in [0.05, 0.1) is 19.4 Å². The second kappa shape index (κ2) is 3.92. The van der Waals surface area contributed by atoms with E-state index in [-0.39, 0.29) is 6.04 Å². The van der Waals surface area contributed by atoms with E-state index >= 15 is 0 Å². The molecule has 0 saturated heterocycles. The van der Waals surface area contributed by atoms with Crippen LogP contribution in [0.1, 0.15) is 22.9 Å². The fourth-order valence-electron chi connectivity index (χ4n) is 2.11. The van der Waals surface area contributed by atoms with Gasteiger partial charge in [0.2, 0.25) is 5.88 Å².